The first kappa shape index (κ1) is 24.8. The van der Waals surface area contributed by atoms with Gasteiger partial charge in [-0.15, -0.1) is 23.1 Å². The van der Waals surface area contributed by atoms with Gasteiger partial charge in [0, 0.05) is 16.3 Å². The zero-order valence-electron chi connectivity index (χ0n) is 17.9. The highest BCUT2D eigenvalue weighted by Gasteiger charge is 2.15. The number of amides is 1. The van der Waals surface area contributed by atoms with Gasteiger partial charge in [-0.05, 0) is 66.4 Å². The Morgan fingerprint density at radius 2 is 1.70 bits per heavy atom. The van der Waals surface area contributed by atoms with E-state index in [-0.39, 0.29) is 21.8 Å². The summed E-state index contributed by atoms with van der Waals surface area (Å²) in [6.45, 7) is 2.42. The van der Waals surface area contributed by atoms with E-state index in [2.05, 4.69) is 10.0 Å². The molecule has 3 rings (SSSR count). The normalized spacial score (nSPS) is 11.1. The number of ether oxygens (including phenoxy) is 1. The lowest BCUT2D eigenvalue weighted by molar-refractivity contribution is -0.113. The molecule has 2 N–H and O–H groups in total. The molecular weight excluding hydrogens is 480 g/mol. The Balaban J connectivity index is 1.46. The van der Waals surface area contributed by atoms with E-state index in [1.165, 1.54) is 11.8 Å². The number of carbonyl (C=O) groups excluding carboxylic acids is 2. The molecule has 2 aromatic carbocycles. The van der Waals surface area contributed by atoms with E-state index in [9.17, 15) is 18.0 Å². The topological polar surface area (TPSA) is 102 Å². The van der Waals surface area contributed by atoms with E-state index >= 15 is 0 Å². The van der Waals surface area contributed by atoms with Gasteiger partial charge < -0.3 is 10.1 Å². The molecule has 0 saturated heterocycles. The number of hydrogen-bond donors (Lipinski definition) is 2. The van der Waals surface area contributed by atoms with Crippen LogP contribution in [0.2, 0.25) is 0 Å². The van der Waals surface area contributed by atoms with Crippen LogP contribution in [0.1, 0.15) is 30.1 Å². The number of carbonyl (C=O) groups is 2. The van der Waals surface area contributed by atoms with Crippen molar-refractivity contribution < 1.29 is 22.7 Å². The summed E-state index contributed by atoms with van der Waals surface area (Å²) in [7, 11) is -3.59. The highest BCUT2D eigenvalue weighted by molar-refractivity contribution is 8.00. The molecule has 0 aliphatic rings. The van der Waals surface area contributed by atoms with Crippen molar-refractivity contribution in [1.82, 2.24) is 0 Å². The van der Waals surface area contributed by atoms with Crippen molar-refractivity contribution in [2.45, 2.75) is 28.9 Å². The molecule has 3 aromatic rings. The maximum absolute atomic E-state index is 12.3. The van der Waals surface area contributed by atoms with Crippen molar-refractivity contribution in [2.75, 3.05) is 22.4 Å². The van der Waals surface area contributed by atoms with Crippen molar-refractivity contribution in [1.29, 1.82) is 0 Å². The van der Waals surface area contributed by atoms with Crippen molar-refractivity contribution in [3.05, 3.63) is 71.6 Å². The zero-order valence-corrected chi connectivity index (χ0v) is 20.4. The van der Waals surface area contributed by atoms with E-state index < -0.39 is 10.0 Å². The predicted octanol–water partition coefficient (Wildman–Crippen LogP) is 5.24. The summed E-state index contributed by atoms with van der Waals surface area (Å²) < 4.78 is 32.5. The lowest BCUT2D eigenvalue weighted by atomic mass is 10.2. The number of unbranched alkanes of at least 4 members (excludes halogenated alkanes) is 1. The highest BCUT2D eigenvalue weighted by Crippen LogP contribution is 2.24. The molecule has 0 aliphatic carbocycles. The molecule has 10 heteroatoms. The fraction of sp³-hybridized carbons (Fsp3) is 0.217. The van der Waals surface area contributed by atoms with Crippen LogP contribution in [0.5, 0.6) is 0 Å². The largest absolute Gasteiger partial charge is 0.462 e. The van der Waals surface area contributed by atoms with Crippen molar-refractivity contribution in [2.24, 2.45) is 0 Å². The molecule has 0 spiro atoms. The van der Waals surface area contributed by atoms with Crippen LogP contribution in [0.4, 0.5) is 11.4 Å². The number of benzene rings is 2. The molecule has 0 bridgehead atoms. The van der Waals surface area contributed by atoms with Crippen LogP contribution < -0.4 is 10.0 Å². The van der Waals surface area contributed by atoms with Gasteiger partial charge in [-0.3, -0.25) is 9.52 Å². The second-order valence-electron chi connectivity index (χ2n) is 6.97. The van der Waals surface area contributed by atoms with Gasteiger partial charge in [-0.2, -0.15) is 0 Å². The zero-order chi connectivity index (χ0) is 23.7. The van der Waals surface area contributed by atoms with Crippen LogP contribution in [0, 0.1) is 0 Å². The third-order valence-corrected chi connectivity index (χ3v) is 8.16. The molecule has 0 radical (unpaired) electrons. The van der Waals surface area contributed by atoms with E-state index in [0.717, 1.165) is 29.1 Å². The quantitative estimate of drug-likeness (QED) is 0.210. The van der Waals surface area contributed by atoms with Gasteiger partial charge in [0.05, 0.1) is 17.9 Å². The Morgan fingerprint density at radius 1 is 1.00 bits per heavy atom. The number of sulfonamides is 1. The summed E-state index contributed by atoms with van der Waals surface area (Å²) in [4.78, 5) is 25.0. The minimum Gasteiger partial charge on any atom is -0.462 e. The van der Waals surface area contributed by atoms with E-state index in [0.29, 0.717) is 23.5 Å². The Hall–Kier alpha value is -2.82. The third-order valence-electron chi connectivity index (χ3n) is 4.37. The maximum Gasteiger partial charge on any atom is 0.338 e. The Labute approximate surface area is 201 Å². The van der Waals surface area contributed by atoms with Crippen LogP contribution in [0.3, 0.4) is 0 Å². The van der Waals surface area contributed by atoms with Gasteiger partial charge in [0.1, 0.15) is 4.21 Å². The van der Waals surface area contributed by atoms with Crippen molar-refractivity contribution in [3.8, 4) is 0 Å². The average Bonchev–Trinajstić information content (AvgIpc) is 3.35. The first-order chi connectivity index (χ1) is 15.9. The summed E-state index contributed by atoms with van der Waals surface area (Å²) in [5.74, 6) is -0.389. The van der Waals surface area contributed by atoms with Gasteiger partial charge in [0.15, 0.2) is 0 Å². The van der Waals surface area contributed by atoms with Crippen LogP contribution in [0.15, 0.2) is 75.1 Å². The third kappa shape index (κ3) is 7.62. The summed E-state index contributed by atoms with van der Waals surface area (Å²) >= 11 is 2.48. The Kier molecular flexibility index (Phi) is 8.93. The fourth-order valence-corrected chi connectivity index (χ4v) is 5.42. The molecule has 1 aromatic heterocycles. The summed E-state index contributed by atoms with van der Waals surface area (Å²) in [6, 6.07) is 16.6. The lowest BCUT2D eigenvalue weighted by Crippen LogP contribution is -2.14. The van der Waals surface area contributed by atoms with Gasteiger partial charge in [0.2, 0.25) is 5.91 Å². The SMILES string of the molecule is CCCCOC(=O)c1ccc(NC(=O)CSc2ccc(NS(=O)(=O)c3cccs3)cc2)cc1. The van der Waals surface area contributed by atoms with Crippen LogP contribution in [0.25, 0.3) is 0 Å². The number of nitrogens with one attached hydrogen (secondary N) is 2. The molecule has 174 valence electrons. The smallest absolute Gasteiger partial charge is 0.338 e. The van der Waals surface area contributed by atoms with Crippen molar-refractivity contribution >= 4 is 56.4 Å². The molecule has 1 amide bonds. The standard InChI is InChI=1S/C23H24N2O5S3/c1-2-3-14-30-23(27)17-6-8-18(9-7-17)24-21(26)16-32-20-12-10-19(11-13-20)25-33(28,29)22-5-4-15-31-22/h4-13,15,25H,2-3,14,16H2,1H3,(H,24,26). The van der Waals surface area contributed by atoms with Crippen molar-refractivity contribution in [3.63, 3.8) is 0 Å². The van der Waals surface area contributed by atoms with Gasteiger partial charge >= 0.3 is 5.97 Å². The first-order valence-corrected chi connectivity index (χ1v) is 13.6. The molecular formula is C23H24N2O5S3. The monoisotopic (exact) mass is 504 g/mol. The molecule has 0 atom stereocenters. The predicted molar refractivity (Wildman–Crippen MR) is 133 cm³/mol. The second-order valence-corrected chi connectivity index (χ2v) is 10.9. The number of thioether (sulfide) groups is 1. The summed E-state index contributed by atoms with van der Waals surface area (Å²) in [5.41, 5.74) is 1.47. The average molecular weight is 505 g/mol. The number of rotatable bonds is 11. The number of hydrogen-bond acceptors (Lipinski definition) is 7. The van der Waals surface area contributed by atoms with Gasteiger partial charge in [-0.1, -0.05) is 19.4 Å². The number of anilines is 2. The van der Waals surface area contributed by atoms with Crippen LogP contribution >= 0.6 is 23.1 Å². The highest BCUT2D eigenvalue weighted by atomic mass is 32.2. The molecule has 0 fully saturated rings. The lowest BCUT2D eigenvalue weighted by Gasteiger charge is -2.08. The molecule has 7 nitrogen and oxygen atoms in total. The summed E-state index contributed by atoms with van der Waals surface area (Å²) in [5, 5.41) is 4.49. The molecule has 33 heavy (non-hydrogen) atoms. The molecule has 0 aliphatic heterocycles. The first-order valence-electron chi connectivity index (χ1n) is 10.2. The Morgan fingerprint density at radius 3 is 2.33 bits per heavy atom. The maximum atomic E-state index is 12.3. The van der Waals surface area contributed by atoms with Gasteiger partial charge in [-0.25, -0.2) is 13.2 Å². The Bertz CT molecular complexity index is 1160. The molecule has 0 unspecified atom stereocenters. The fourth-order valence-electron chi connectivity index (χ4n) is 2.67. The van der Waals surface area contributed by atoms with E-state index in [4.69, 9.17) is 4.74 Å². The van der Waals surface area contributed by atoms with E-state index in [1.54, 1.807) is 66.0 Å². The van der Waals surface area contributed by atoms with E-state index in [1.807, 2.05) is 6.92 Å². The van der Waals surface area contributed by atoms with Crippen LogP contribution in [-0.2, 0) is 19.6 Å². The molecule has 0 saturated carbocycles. The molecule has 1 heterocycles. The minimum absolute atomic E-state index is 0.182. The van der Waals surface area contributed by atoms with Crippen LogP contribution in [-0.4, -0.2) is 32.7 Å². The minimum atomic E-state index is -3.59. The number of esters is 1. The second kappa shape index (κ2) is 11.9. The number of thiophene rings is 1. The summed E-state index contributed by atoms with van der Waals surface area (Å²) in [6.07, 6.45) is 1.78. The van der Waals surface area contributed by atoms with Gasteiger partial charge in [0.25, 0.3) is 10.0 Å².